The highest BCUT2D eigenvalue weighted by Crippen LogP contribution is 2.55. The van der Waals surface area contributed by atoms with Crippen LogP contribution >= 0.6 is 0 Å². The highest BCUT2D eigenvalue weighted by molar-refractivity contribution is 6.72. The Kier molecular flexibility index (Phi) is 6.54. The molecule has 2 nitrogen and oxygen atoms in total. The number of hydrogen-bond acceptors (Lipinski definition) is 2. The van der Waals surface area contributed by atoms with Crippen LogP contribution in [-0.2, 0) is 8.85 Å². The predicted octanol–water partition coefficient (Wildman–Crippen LogP) is 5.27. The lowest BCUT2D eigenvalue weighted by molar-refractivity contribution is 0.164. The summed E-state index contributed by atoms with van der Waals surface area (Å²) in [6.07, 6.45) is 9.20. The summed E-state index contributed by atoms with van der Waals surface area (Å²) in [6, 6.07) is 0. The van der Waals surface area contributed by atoms with Crippen molar-refractivity contribution < 1.29 is 8.85 Å². The van der Waals surface area contributed by atoms with Crippen LogP contribution in [0.2, 0.25) is 10.6 Å². The van der Waals surface area contributed by atoms with Crippen molar-refractivity contribution in [3.05, 3.63) is 0 Å². The van der Waals surface area contributed by atoms with Crippen molar-refractivity contribution in [3.63, 3.8) is 0 Å². The maximum absolute atomic E-state index is 6.18. The highest BCUT2D eigenvalue weighted by atomic mass is 28.4. The third kappa shape index (κ3) is 3.25. The summed E-state index contributed by atoms with van der Waals surface area (Å²) in [5.74, 6) is 0.658. The molecule has 0 amide bonds. The third-order valence-electron chi connectivity index (χ3n) is 5.60. The number of hydrogen-bond donors (Lipinski definition) is 0. The average Bonchev–Trinajstić information content (AvgIpc) is 2.42. The van der Waals surface area contributed by atoms with E-state index >= 15 is 0 Å². The van der Waals surface area contributed by atoms with Gasteiger partial charge in [-0.25, -0.2) is 0 Å². The van der Waals surface area contributed by atoms with Gasteiger partial charge in [0.05, 0.1) is 0 Å². The normalized spacial score (nSPS) is 20.5. The molecule has 0 heterocycles. The molecular formula is C16H34O2Si. The van der Waals surface area contributed by atoms with Crippen molar-refractivity contribution in [2.75, 3.05) is 14.2 Å². The minimum atomic E-state index is -2.17. The Labute approximate surface area is 121 Å². The molecule has 1 atom stereocenters. The zero-order valence-corrected chi connectivity index (χ0v) is 14.9. The van der Waals surface area contributed by atoms with E-state index in [1.165, 1.54) is 44.9 Å². The topological polar surface area (TPSA) is 18.5 Å². The van der Waals surface area contributed by atoms with Gasteiger partial charge in [-0.05, 0) is 18.8 Å². The van der Waals surface area contributed by atoms with Crippen molar-refractivity contribution >= 4 is 8.56 Å². The van der Waals surface area contributed by atoms with Crippen LogP contribution in [0.25, 0.3) is 0 Å². The van der Waals surface area contributed by atoms with Gasteiger partial charge >= 0.3 is 8.56 Å². The molecule has 3 heteroatoms. The van der Waals surface area contributed by atoms with Gasteiger partial charge in [-0.2, -0.15) is 0 Å². The van der Waals surface area contributed by atoms with Crippen molar-refractivity contribution in [1.29, 1.82) is 0 Å². The quantitative estimate of drug-likeness (QED) is 0.593. The monoisotopic (exact) mass is 286 g/mol. The molecule has 0 bridgehead atoms. The maximum atomic E-state index is 6.18. The summed E-state index contributed by atoms with van der Waals surface area (Å²) >= 11 is 0. The van der Waals surface area contributed by atoms with Crippen LogP contribution in [0.15, 0.2) is 0 Å². The van der Waals surface area contributed by atoms with Gasteiger partial charge in [-0.3, -0.25) is 0 Å². The molecule has 114 valence electrons. The van der Waals surface area contributed by atoms with Crippen LogP contribution in [0, 0.1) is 5.92 Å². The second kappa shape index (κ2) is 7.23. The zero-order chi connectivity index (χ0) is 14.5. The van der Waals surface area contributed by atoms with Crippen LogP contribution in [0.1, 0.15) is 72.6 Å². The Balaban J connectivity index is 3.01. The van der Waals surface area contributed by atoms with Gasteiger partial charge in [-0.15, -0.1) is 0 Å². The second-order valence-electron chi connectivity index (χ2n) is 6.82. The van der Waals surface area contributed by atoms with Gasteiger partial charge in [0.25, 0.3) is 0 Å². The van der Waals surface area contributed by atoms with Gasteiger partial charge in [0, 0.05) is 24.8 Å². The van der Waals surface area contributed by atoms with Crippen molar-refractivity contribution in [3.8, 4) is 0 Å². The third-order valence-corrected chi connectivity index (χ3v) is 10.8. The van der Waals surface area contributed by atoms with Crippen LogP contribution in [0.4, 0.5) is 0 Å². The first-order valence-corrected chi connectivity index (χ1v) is 9.96. The molecule has 1 saturated carbocycles. The summed E-state index contributed by atoms with van der Waals surface area (Å²) in [5.41, 5.74) is 0.672. The van der Waals surface area contributed by atoms with Crippen molar-refractivity contribution in [2.45, 2.75) is 83.2 Å². The Hall–Kier alpha value is 0.137. The van der Waals surface area contributed by atoms with E-state index in [9.17, 15) is 0 Å². The Morgan fingerprint density at radius 1 is 1.11 bits per heavy atom. The second-order valence-corrected chi connectivity index (χ2v) is 11.1. The van der Waals surface area contributed by atoms with E-state index in [0.29, 0.717) is 11.5 Å². The van der Waals surface area contributed by atoms with E-state index in [4.69, 9.17) is 8.85 Å². The molecule has 0 aromatic rings. The standard InChI is InChI=1S/C16H34O2Si/c1-7-11-14(2)16(3,4)19(17-5,18-6)15-12-9-8-10-13-15/h14-15H,7-13H2,1-6H3. The molecule has 1 unspecified atom stereocenters. The lowest BCUT2D eigenvalue weighted by Gasteiger charge is -2.50. The van der Waals surface area contributed by atoms with E-state index < -0.39 is 8.56 Å². The molecule has 1 rings (SSSR count). The van der Waals surface area contributed by atoms with Gasteiger partial charge in [0.1, 0.15) is 0 Å². The fourth-order valence-electron chi connectivity index (χ4n) is 4.09. The molecule has 0 radical (unpaired) electrons. The largest absolute Gasteiger partial charge is 0.397 e. The molecule has 0 N–H and O–H groups in total. The molecule has 0 saturated heterocycles. The Morgan fingerprint density at radius 2 is 1.63 bits per heavy atom. The molecular weight excluding hydrogens is 252 g/mol. The van der Waals surface area contributed by atoms with Crippen LogP contribution < -0.4 is 0 Å². The summed E-state index contributed by atoms with van der Waals surface area (Å²) in [7, 11) is 1.62. The molecule has 0 spiro atoms. The molecule has 19 heavy (non-hydrogen) atoms. The zero-order valence-electron chi connectivity index (χ0n) is 13.9. The molecule has 1 aliphatic rings. The lowest BCUT2D eigenvalue weighted by Crippen LogP contribution is -2.56. The van der Waals surface area contributed by atoms with Crippen molar-refractivity contribution in [1.82, 2.24) is 0 Å². The first-order chi connectivity index (χ1) is 8.96. The molecule has 0 aromatic carbocycles. The summed E-state index contributed by atoms with van der Waals surface area (Å²) in [4.78, 5) is 0. The first kappa shape index (κ1) is 17.2. The van der Waals surface area contributed by atoms with Gasteiger partial charge in [-0.1, -0.05) is 59.8 Å². The molecule has 1 aliphatic carbocycles. The fraction of sp³-hybridized carbons (Fsp3) is 1.00. The molecule has 0 aromatic heterocycles. The summed E-state index contributed by atoms with van der Waals surface area (Å²) in [6.45, 7) is 9.43. The van der Waals surface area contributed by atoms with Crippen molar-refractivity contribution in [2.24, 2.45) is 5.92 Å². The minimum Gasteiger partial charge on any atom is -0.397 e. The minimum absolute atomic E-state index is 0.175. The predicted molar refractivity (Wildman–Crippen MR) is 84.7 cm³/mol. The Morgan fingerprint density at radius 3 is 2.05 bits per heavy atom. The maximum Gasteiger partial charge on any atom is 0.346 e. The Bertz CT molecular complexity index is 255. The van der Waals surface area contributed by atoms with Gasteiger partial charge in [0.15, 0.2) is 0 Å². The van der Waals surface area contributed by atoms with E-state index in [2.05, 4.69) is 27.7 Å². The fourth-order valence-corrected chi connectivity index (χ4v) is 9.03. The van der Waals surface area contributed by atoms with Gasteiger partial charge in [0.2, 0.25) is 0 Å². The van der Waals surface area contributed by atoms with Gasteiger partial charge < -0.3 is 8.85 Å². The first-order valence-electron chi connectivity index (χ1n) is 8.06. The van der Waals surface area contributed by atoms with E-state index in [0.717, 1.165) is 0 Å². The van der Waals surface area contributed by atoms with E-state index in [1.807, 2.05) is 14.2 Å². The summed E-state index contributed by atoms with van der Waals surface area (Å²) in [5, 5.41) is 0.175. The lowest BCUT2D eigenvalue weighted by atomic mass is 9.92. The highest BCUT2D eigenvalue weighted by Gasteiger charge is 2.57. The number of rotatable bonds is 7. The SMILES string of the molecule is CCCC(C)C(C)(C)[Si](OC)(OC)C1CCCCC1. The van der Waals surface area contributed by atoms with Crippen LogP contribution in [0.3, 0.4) is 0 Å². The smallest absolute Gasteiger partial charge is 0.346 e. The molecule has 0 aliphatic heterocycles. The average molecular weight is 287 g/mol. The van der Waals surface area contributed by atoms with Crippen LogP contribution in [-0.4, -0.2) is 22.8 Å². The van der Waals surface area contributed by atoms with E-state index in [-0.39, 0.29) is 5.04 Å². The molecule has 1 fully saturated rings. The van der Waals surface area contributed by atoms with E-state index in [1.54, 1.807) is 0 Å². The summed E-state index contributed by atoms with van der Waals surface area (Å²) < 4.78 is 12.4. The van der Waals surface area contributed by atoms with Crippen LogP contribution in [0.5, 0.6) is 0 Å².